The van der Waals surface area contributed by atoms with Crippen LogP contribution >= 0.6 is 11.3 Å². The standard InChI is InChI=1S/C8H10N2O4S/c1-4(11)6(8(13)14)10-7(12)5-2-15-3-9-5/h2-4,6,11H,1H3,(H,10,12)(H,13,14)/t4-,6+/m1/s1. The number of aliphatic hydroxyl groups is 1. The van der Waals surface area contributed by atoms with Gasteiger partial charge in [0.1, 0.15) is 5.69 Å². The minimum atomic E-state index is -1.32. The van der Waals surface area contributed by atoms with Crippen LogP contribution in [-0.4, -0.2) is 39.2 Å². The SMILES string of the molecule is C[C@@H](O)[C@H](NC(=O)c1cscn1)C(=O)O. The van der Waals surface area contributed by atoms with Gasteiger partial charge in [0.15, 0.2) is 6.04 Å². The number of aromatic nitrogens is 1. The van der Waals surface area contributed by atoms with E-state index in [0.717, 1.165) is 0 Å². The molecule has 2 atom stereocenters. The van der Waals surface area contributed by atoms with E-state index in [9.17, 15) is 9.59 Å². The zero-order chi connectivity index (χ0) is 11.4. The summed E-state index contributed by atoms with van der Waals surface area (Å²) in [6.45, 7) is 1.29. The molecule has 0 unspecified atom stereocenters. The second kappa shape index (κ2) is 4.85. The number of amides is 1. The summed E-state index contributed by atoms with van der Waals surface area (Å²) in [4.78, 5) is 25.8. The van der Waals surface area contributed by atoms with Gasteiger partial charge >= 0.3 is 5.97 Å². The monoisotopic (exact) mass is 230 g/mol. The van der Waals surface area contributed by atoms with E-state index in [0.29, 0.717) is 0 Å². The lowest BCUT2D eigenvalue weighted by Crippen LogP contribution is -2.47. The van der Waals surface area contributed by atoms with Crippen LogP contribution in [0.25, 0.3) is 0 Å². The van der Waals surface area contributed by atoms with Crippen LogP contribution < -0.4 is 5.32 Å². The average molecular weight is 230 g/mol. The molecule has 1 rings (SSSR count). The number of carbonyl (C=O) groups is 2. The largest absolute Gasteiger partial charge is 0.480 e. The number of nitrogens with one attached hydrogen (secondary N) is 1. The predicted molar refractivity (Wildman–Crippen MR) is 52.7 cm³/mol. The van der Waals surface area contributed by atoms with Crippen molar-refractivity contribution in [1.82, 2.24) is 10.3 Å². The number of hydrogen-bond acceptors (Lipinski definition) is 5. The number of aliphatic carboxylic acids is 1. The molecule has 0 bridgehead atoms. The first-order chi connectivity index (χ1) is 7.02. The van der Waals surface area contributed by atoms with Crippen molar-refractivity contribution in [2.45, 2.75) is 19.1 Å². The molecule has 0 spiro atoms. The molecule has 15 heavy (non-hydrogen) atoms. The third-order valence-corrected chi connectivity index (χ3v) is 2.29. The third-order valence-electron chi connectivity index (χ3n) is 1.70. The lowest BCUT2D eigenvalue weighted by Gasteiger charge is -2.15. The highest BCUT2D eigenvalue weighted by Gasteiger charge is 2.25. The van der Waals surface area contributed by atoms with Crippen LogP contribution in [0.3, 0.4) is 0 Å². The fourth-order valence-corrected chi connectivity index (χ4v) is 1.46. The average Bonchev–Trinajstić information content (AvgIpc) is 2.65. The maximum Gasteiger partial charge on any atom is 0.328 e. The normalized spacial score (nSPS) is 14.3. The van der Waals surface area contributed by atoms with E-state index in [4.69, 9.17) is 10.2 Å². The van der Waals surface area contributed by atoms with Gasteiger partial charge in [0.2, 0.25) is 0 Å². The highest BCUT2D eigenvalue weighted by Crippen LogP contribution is 2.02. The van der Waals surface area contributed by atoms with Gasteiger partial charge in [0.05, 0.1) is 11.6 Å². The molecule has 0 aromatic carbocycles. The Kier molecular flexibility index (Phi) is 3.75. The first-order valence-corrected chi connectivity index (χ1v) is 5.06. The number of carboxylic acid groups (broad SMARTS) is 1. The van der Waals surface area contributed by atoms with Crippen molar-refractivity contribution in [3.63, 3.8) is 0 Å². The van der Waals surface area contributed by atoms with Gasteiger partial charge < -0.3 is 15.5 Å². The van der Waals surface area contributed by atoms with Gasteiger partial charge in [0.25, 0.3) is 5.91 Å². The molecule has 0 saturated carbocycles. The van der Waals surface area contributed by atoms with Gasteiger partial charge in [0, 0.05) is 5.38 Å². The van der Waals surface area contributed by atoms with Gasteiger partial charge in [-0.3, -0.25) is 4.79 Å². The molecule has 0 fully saturated rings. The van der Waals surface area contributed by atoms with Crippen LogP contribution in [0, 0.1) is 0 Å². The van der Waals surface area contributed by atoms with E-state index < -0.39 is 24.0 Å². The summed E-state index contributed by atoms with van der Waals surface area (Å²) in [5, 5.41) is 21.5. The number of hydrogen-bond donors (Lipinski definition) is 3. The molecule has 1 heterocycles. The molecule has 6 nitrogen and oxygen atoms in total. The highest BCUT2D eigenvalue weighted by molar-refractivity contribution is 7.07. The minimum Gasteiger partial charge on any atom is -0.480 e. The summed E-state index contributed by atoms with van der Waals surface area (Å²) in [5.74, 6) is -1.89. The highest BCUT2D eigenvalue weighted by atomic mass is 32.1. The van der Waals surface area contributed by atoms with Crippen molar-refractivity contribution >= 4 is 23.2 Å². The number of rotatable bonds is 4. The molecule has 1 aromatic rings. The number of thiazole rings is 1. The van der Waals surface area contributed by atoms with E-state index in [1.807, 2.05) is 0 Å². The maximum atomic E-state index is 11.4. The molecule has 0 aliphatic carbocycles. The summed E-state index contributed by atoms with van der Waals surface area (Å²) in [5.41, 5.74) is 1.61. The Morgan fingerprint density at radius 2 is 2.27 bits per heavy atom. The number of aliphatic hydroxyl groups excluding tert-OH is 1. The molecule has 0 aliphatic heterocycles. The van der Waals surface area contributed by atoms with E-state index in [-0.39, 0.29) is 5.69 Å². The summed E-state index contributed by atoms with van der Waals surface area (Å²) in [6.07, 6.45) is -1.16. The molecular formula is C8H10N2O4S. The van der Waals surface area contributed by atoms with Crippen molar-refractivity contribution < 1.29 is 19.8 Å². The van der Waals surface area contributed by atoms with Crippen molar-refractivity contribution in [1.29, 1.82) is 0 Å². The fraction of sp³-hybridized carbons (Fsp3) is 0.375. The van der Waals surface area contributed by atoms with Crippen molar-refractivity contribution in [3.8, 4) is 0 Å². The Morgan fingerprint density at radius 1 is 1.60 bits per heavy atom. The van der Waals surface area contributed by atoms with Gasteiger partial charge in [-0.2, -0.15) is 0 Å². The molecule has 1 amide bonds. The Bertz CT molecular complexity index is 350. The first-order valence-electron chi connectivity index (χ1n) is 4.12. The quantitative estimate of drug-likeness (QED) is 0.660. The molecular weight excluding hydrogens is 220 g/mol. The van der Waals surface area contributed by atoms with Gasteiger partial charge in [-0.25, -0.2) is 9.78 Å². The van der Waals surface area contributed by atoms with E-state index in [1.54, 1.807) is 0 Å². The number of carboxylic acids is 1. The molecule has 3 N–H and O–H groups in total. The molecule has 0 radical (unpaired) electrons. The lowest BCUT2D eigenvalue weighted by molar-refractivity contribution is -0.141. The molecule has 7 heteroatoms. The lowest BCUT2D eigenvalue weighted by atomic mass is 10.2. The minimum absolute atomic E-state index is 0.145. The van der Waals surface area contributed by atoms with Crippen LogP contribution in [0.4, 0.5) is 0 Å². The number of nitrogens with zero attached hydrogens (tertiary/aromatic N) is 1. The maximum absolute atomic E-state index is 11.4. The second-order valence-electron chi connectivity index (χ2n) is 2.90. The van der Waals surface area contributed by atoms with Gasteiger partial charge in [-0.05, 0) is 6.92 Å². The van der Waals surface area contributed by atoms with E-state index in [2.05, 4.69) is 10.3 Å². The van der Waals surface area contributed by atoms with Crippen LogP contribution in [0.5, 0.6) is 0 Å². The Labute approximate surface area is 89.6 Å². The second-order valence-corrected chi connectivity index (χ2v) is 3.62. The Balaban J connectivity index is 2.67. The molecule has 0 saturated heterocycles. The topological polar surface area (TPSA) is 99.5 Å². The fourth-order valence-electron chi connectivity index (χ4n) is 0.929. The zero-order valence-corrected chi connectivity index (χ0v) is 8.69. The first kappa shape index (κ1) is 11.6. The molecule has 0 aliphatic rings. The van der Waals surface area contributed by atoms with Gasteiger partial charge in [-0.15, -0.1) is 11.3 Å². The van der Waals surface area contributed by atoms with Crippen LogP contribution in [0.2, 0.25) is 0 Å². The van der Waals surface area contributed by atoms with E-state index in [1.165, 1.54) is 29.2 Å². The van der Waals surface area contributed by atoms with Gasteiger partial charge in [-0.1, -0.05) is 0 Å². The third kappa shape index (κ3) is 3.00. The smallest absolute Gasteiger partial charge is 0.328 e. The van der Waals surface area contributed by atoms with E-state index >= 15 is 0 Å². The summed E-state index contributed by atoms with van der Waals surface area (Å²) in [6, 6.07) is -1.32. The predicted octanol–water partition coefficient (Wildman–Crippen LogP) is -0.293. The Hall–Kier alpha value is -1.47. The summed E-state index contributed by atoms with van der Waals surface area (Å²) >= 11 is 1.23. The van der Waals surface area contributed by atoms with Crippen LogP contribution in [-0.2, 0) is 4.79 Å². The molecule has 82 valence electrons. The molecule has 1 aromatic heterocycles. The van der Waals surface area contributed by atoms with Crippen molar-refractivity contribution in [2.24, 2.45) is 0 Å². The van der Waals surface area contributed by atoms with Crippen molar-refractivity contribution in [3.05, 3.63) is 16.6 Å². The zero-order valence-electron chi connectivity index (χ0n) is 7.88. The summed E-state index contributed by atoms with van der Waals surface area (Å²) in [7, 11) is 0. The van der Waals surface area contributed by atoms with Crippen molar-refractivity contribution in [2.75, 3.05) is 0 Å². The number of carbonyl (C=O) groups excluding carboxylic acids is 1. The Morgan fingerprint density at radius 3 is 2.67 bits per heavy atom. The van der Waals surface area contributed by atoms with Crippen LogP contribution in [0.1, 0.15) is 17.4 Å². The summed E-state index contributed by atoms with van der Waals surface area (Å²) < 4.78 is 0. The van der Waals surface area contributed by atoms with Crippen LogP contribution in [0.15, 0.2) is 10.9 Å².